The van der Waals surface area contributed by atoms with E-state index >= 15 is 0 Å². The number of pyridine rings is 1. The fourth-order valence-electron chi connectivity index (χ4n) is 6.02. The number of allylic oxidation sites excluding steroid dienone is 2. The number of alkyl carbamates (subject to hydrolysis) is 1. The van der Waals surface area contributed by atoms with Crippen LogP contribution in [0.25, 0.3) is 10.9 Å². The Morgan fingerprint density at radius 3 is 2.42 bits per heavy atom. The number of nitrogens with zero attached hydrogens (tertiary/aromatic N) is 2. The summed E-state index contributed by atoms with van der Waals surface area (Å²) in [7, 11) is 4.01. The number of aromatic nitrogens is 1. The minimum atomic E-state index is -1.06. The molecule has 0 saturated carbocycles. The van der Waals surface area contributed by atoms with Crippen molar-refractivity contribution in [2.24, 2.45) is 0 Å². The van der Waals surface area contributed by atoms with Crippen LogP contribution >= 0.6 is 0 Å². The summed E-state index contributed by atoms with van der Waals surface area (Å²) in [6, 6.07) is 3.58. The van der Waals surface area contributed by atoms with Crippen LogP contribution in [0.5, 0.6) is 11.5 Å². The molecule has 0 unspecified atom stereocenters. The van der Waals surface area contributed by atoms with Crippen LogP contribution in [0.2, 0.25) is 0 Å². The maximum absolute atomic E-state index is 14.3. The molecule has 2 N–H and O–H groups in total. The Balaban J connectivity index is 1.71. The molecular formula is C36H48N4O10. The van der Waals surface area contributed by atoms with Crippen molar-refractivity contribution in [3.63, 3.8) is 0 Å². The first-order valence-electron chi connectivity index (χ1n) is 16.9. The molecule has 0 spiro atoms. The Morgan fingerprint density at radius 2 is 1.72 bits per heavy atom. The van der Waals surface area contributed by atoms with Crippen LogP contribution in [0.15, 0.2) is 36.4 Å². The number of carbonyl (C=O) groups is 5. The Labute approximate surface area is 292 Å². The number of carbonyl (C=O) groups excluding carboxylic acids is 5. The lowest BCUT2D eigenvalue weighted by atomic mass is 10.0. The first-order chi connectivity index (χ1) is 23.8. The van der Waals surface area contributed by atoms with E-state index in [1.165, 1.54) is 32.3 Å². The highest BCUT2D eigenvalue weighted by molar-refractivity contribution is 5.95. The van der Waals surface area contributed by atoms with Gasteiger partial charge in [0, 0.05) is 23.9 Å². The van der Waals surface area contributed by atoms with E-state index in [0.29, 0.717) is 42.3 Å². The van der Waals surface area contributed by atoms with Gasteiger partial charge in [-0.05, 0) is 65.0 Å². The number of hydrogen-bond donors (Lipinski definition) is 2. The van der Waals surface area contributed by atoms with E-state index in [9.17, 15) is 24.0 Å². The number of ether oxygens (including phenoxy) is 5. The van der Waals surface area contributed by atoms with Crippen molar-refractivity contribution in [1.82, 2.24) is 20.5 Å². The van der Waals surface area contributed by atoms with Gasteiger partial charge in [-0.3, -0.25) is 9.59 Å². The molecule has 3 heterocycles. The fourth-order valence-corrected chi connectivity index (χ4v) is 6.02. The Bertz CT molecular complexity index is 1590. The van der Waals surface area contributed by atoms with Gasteiger partial charge in [0.05, 0.1) is 33.4 Å². The Morgan fingerprint density at radius 1 is 0.960 bits per heavy atom. The summed E-state index contributed by atoms with van der Waals surface area (Å²) < 4.78 is 27.2. The molecule has 4 rings (SSSR count). The molecule has 3 amide bonds. The monoisotopic (exact) mass is 696 g/mol. The van der Waals surface area contributed by atoms with Gasteiger partial charge in [0.15, 0.2) is 5.69 Å². The standard InChI is InChI=1S/C36H48N4O10/c1-36(2,3)50-35(45)39-25-14-12-10-8-7-9-11-13-15-26(33(43)47-5)38-31(41)29-19-23(21-40(29)32(25)42)49-30-20-28(34(44)48-6)37-27-18-22(46-4)16-17-24(27)30/h9,11,16-18,20,23,25-26,29H,7-8,10,12-15,19,21H2,1-6H3,(H,38,41)(H,39,45)/b11-9+/t23-,25+,26+,29+/m1/s1. The highest BCUT2D eigenvalue weighted by Gasteiger charge is 2.44. The molecule has 272 valence electrons. The zero-order valence-electron chi connectivity index (χ0n) is 29.6. The molecule has 2 aromatic rings. The molecule has 1 fully saturated rings. The van der Waals surface area contributed by atoms with Crippen LogP contribution in [0.1, 0.15) is 82.6 Å². The summed E-state index contributed by atoms with van der Waals surface area (Å²) in [6.07, 6.45) is 6.92. The van der Waals surface area contributed by atoms with Crippen molar-refractivity contribution >= 4 is 40.7 Å². The SMILES string of the molecule is COC(=O)c1cc(O[C@@H]2C[C@H]3C(=O)N[C@H](C(=O)OC)CC/C=C/CCCCC[C@H](NC(=O)OC(C)(C)C)C(=O)N3C2)c2ccc(OC)cc2n1. The van der Waals surface area contributed by atoms with Crippen molar-refractivity contribution in [2.75, 3.05) is 27.9 Å². The molecule has 0 aliphatic carbocycles. The second-order valence-electron chi connectivity index (χ2n) is 13.3. The van der Waals surface area contributed by atoms with Crippen molar-refractivity contribution in [2.45, 2.75) is 102 Å². The van der Waals surface area contributed by atoms with Crippen LogP contribution in [-0.2, 0) is 28.6 Å². The summed E-state index contributed by atoms with van der Waals surface area (Å²) >= 11 is 0. The third kappa shape index (κ3) is 10.1. The van der Waals surface area contributed by atoms with Crippen LogP contribution < -0.4 is 20.1 Å². The van der Waals surface area contributed by atoms with E-state index < -0.39 is 59.7 Å². The predicted octanol–water partition coefficient (Wildman–Crippen LogP) is 4.23. The van der Waals surface area contributed by atoms with Gasteiger partial charge < -0.3 is 39.2 Å². The quantitative estimate of drug-likeness (QED) is 0.252. The number of amides is 3. The molecule has 1 aromatic carbocycles. The van der Waals surface area contributed by atoms with E-state index in [2.05, 4.69) is 15.6 Å². The smallest absolute Gasteiger partial charge is 0.408 e. The molecule has 2 aliphatic rings. The van der Waals surface area contributed by atoms with E-state index in [4.69, 9.17) is 23.7 Å². The molecular weight excluding hydrogens is 648 g/mol. The lowest BCUT2D eigenvalue weighted by molar-refractivity contribution is -0.146. The summed E-state index contributed by atoms with van der Waals surface area (Å²) in [5.74, 6) is -1.52. The number of benzene rings is 1. The van der Waals surface area contributed by atoms with E-state index in [0.717, 1.165) is 19.3 Å². The van der Waals surface area contributed by atoms with Crippen molar-refractivity contribution in [3.8, 4) is 11.5 Å². The van der Waals surface area contributed by atoms with E-state index in [-0.39, 0.29) is 24.4 Å². The normalized spacial score (nSPS) is 22.9. The molecule has 1 aromatic heterocycles. The van der Waals surface area contributed by atoms with Gasteiger partial charge in [-0.1, -0.05) is 25.0 Å². The predicted molar refractivity (Wildman–Crippen MR) is 183 cm³/mol. The second-order valence-corrected chi connectivity index (χ2v) is 13.3. The van der Waals surface area contributed by atoms with Gasteiger partial charge in [-0.15, -0.1) is 0 Å². The summed E-state index contributed by atoms with van der Waals surface area (Å²) in [4.78, 5) is 72.2. The van der Waals surface area contributed by atoms with E-state index in [1.54, 1.807) is 39.0 Å². The first-order valence-corrected chi connectivity index (χ1v) is 16.9. The number of fused-ring (bicyclic) bond motifs is 2. The highest BCUT2D eigenvalue weighted by atomic mass is 16.6. The van der Waals surface area contributed by atoms with Crippen LogP contribution in [0.3, 0.4) is 0 Å². The molecule has 2 aliphatic heterocycles. The molecule has 50 heavy (non-hydrogen) atoms. The zero-order chi connectivity index (χ0) is 36.4. The molecule has 14 nitrogen and oxygen atoms in total. The largest absolute Gasteiger partial charge is 0.497 e. The van der Waals surface area contributed by atoms with Crippen LogP contribution in [-0.4, -0.2) is 97.4 Å². The fraction of sp³-hybridized carbons (Fsp3) is 0.556. The van der Waals surface area contributed by atoms with Gasteiger partial charge in [-0.25, -0.2) is 19.4 Å². The van der Waals surface area contributed by atoms with Crippen molar-refractivity contribution in [1.29, 1.82) is 0 Å². The molecule has 0 radical (unpaired) electrons. The lowest BCUT2D eigenvalue weighted by Crippen LogP contribution is -2.55. The van der Waals surface area contributed by atoms with Gasteiger partial charge in [0.1, 0.15) is 41.3 Å². The van der Waals surface area contributed by atoms with Crippen LogP contribution in [0.4, 0.5) is 4.79 Å². The topological polar surface area (TPSA) is 172 Å². The minimum absolute atomic E-state index is 0.00238. The molecule has 1 saturated heterocycles. The van der Waals surface area contributed by atoms with Gasteiger partial charge >= 0.3 is 18.0 Å². The molecule has 0 bridgehead atoms. The van der Waals surface area contributed by atoms with Crippen LogP contribution in [0, 0.1) is 0 Å². The molecule has 14 heteroatoms. The number of methoxy groups -OCH3 is 3. The summed E-state index contributed by atoms with van der Waals surface area (Å²) in [6.45, 7) is 5.16. The Kier molecular flexibility index (Phi) is 13.0. The number of esters is 2. The number of hydrogen-bond acceptors (Lipinski definition) is 11. The summed E-state index contributed by atoms with van der Waals surface area (Å²) in [5, 5.41) is 6.09. The Hall–Kier alpha value is -4.88. The lowest BCUT2D eigenvalue weighted by Gasteiger charge is -2.30. The number of nitrogens with one attached hydrogen (secondary N) is 2. The van der Waals surface area contributed by atoms with Crippen molar-refractivity contribution < 1.29 is 47.7 Å². The van der Waals surface area contributed by atoms with Gasteiger partial charge in [-0.2, -0.15) is 0 Å². The zero-order valence-corrected chi connectivity index (χ0v) is 29.6. The maximum Gasteiger partial charge on any atom is 0.408 e. The molecule has 4 atom stereocenters. The first kappa shape index (κ1) is 37.9. The minimum Gasteiger partial charge on any atom is -0.497 e. The average Bonchev–Trinajstić information content (AvgIpc) is 3.50. The average molecular weight is 697 g/mol. The number of rotatable bonds is 6. The maximum atomic E-state index is 14.3. The third-order valence-electron chi connectivity index (χ3n) is 8.46. The van der Waals surface area contributed by atoms with Crippen molar-refractivity contribution in [3.05, 3.63) is 42.1 Å². The van der Waals surface area contributed by atoms with E-state index in [1.807, 2.05) is 12.2 Å². The summed E-state index contributed by atoms with van der Waals surface area (Å²) in [5.41, 5.74) is -0.385. The van der Waals surface area contributed by atoms with Gasteiger partial charge in [0.25, 0.3) is 0 Å². The highest BCUT2D eigenvalue weighted by Crippen LogP contribution is 2.32. The second kappa shape index (κ2) is 17.2. The van der Waals surface area contributed by atoms with Gasteiger partial charge in [0.2, 0.25) is 11.8 Å². The third-order valence-corrected chi connectivity index (χ3v) is 8.46.